The Morgan fingerprint density at radius 1 is 0.457 bits per heavy atom. The van der Waals surface area contributed by atoms with Gasteiger partial charge in [-0.2, -0.15) is 0 Å². The highest BCUT2D eigenvalue weighted by Gasteiger charge is 2.06. The van der Waals surface area contributed by atoms with Crippen LogP contribution in [0.3, 0.4) is 0 Å². The highest BCUT2D eigenvalue weighted by molar-refractivity contribution is 5.79. The first-order chi connectivity index (χ1) is 22.8. The van der Waals surface area contributed by atoms with E-state index in [4.69, 9.17) is 0 Å². The van der Waals surface area contributed by atoms with Crippen molar-refractivity contribution in [2.45, 2.75) is 0 Å². The molecule has 3 aromatic heterocycles. The molecular formula is C36H36N10. The number of nitrogens with one attached hydrogen (secondary N) is 3. The largest absolute Gasteiger partial charge is 0.337 e. The zero-order valence-corrected chi connectivity index (χ0v) is 25.5. The highest BCUT2D eigenvalue weighted by atomic mass is 15.1. The molecule has 0 radical (unpaired) electrons. The third-order valence-corrected chi connectivity index (χ3v) is 7.26. The van der Waals surface area contributed by atoms with E-state index in [-0.39, 0.29) is 0 Å². The van der Waals surface area contributed by atoms with Crippen molar-refractivity contribution < 1.29 is 0 Å². The van der Waals surface area contributed by atoms with Gasteiger partial charge in [0.15, 0.2) is 0 Å². The van der Waals surface area contributed by atoms with Crippen molar-refractivity contribution in [3.05, 3.63) is 127 Å². The Bertz CT molecular complexity index is 1630. The highest BCUT2D eigenvalue weighted by Crippen LogP contribution is 2.16. The van der Waals surface area contributed by atoms with E-state index < -0.39 is 0 Å². The number of H-pyrrole nitrogens is 3. The van der Waals surface area contributed by atoms with E-state index >= 15 is 0 Å². The van der Waals surface area contributed by atoms with Crippen molar-refractivity contribution in [1.82, 2.24) is 34.8 Å². The molecule has 46 heavy (non-hydrogen) atoms. The van der Waals surface area contributed by atoms with Crippen LogP contribution in [0.4, 0.5) is 0 Å². The van der Waals surface area contributed by atoms with Crippen molar-refractivity contribution in [3.63, 3.8) is 0 Å². The maximum Gasteiger partial charge on any atom is 0.137 e. The lowest BCUT2D eigenvalue weighted by Gasteiger charge is -2.19. The Morgan fingerprint density at radius 3 is 1.07 bits per heavy atom. The Balaban J connectivity index is 1.03. The molecule has 0 unspecified atom stereocenters. The van der Waals surface area contributed by atoms with E-state index in [1.807, 2.05) is 128 Å². The summed E-state index contributed by atoms with van der Waals surface area (Å²) in [5, 5.41) is 0. The topological polar surface area (TPSA) is 126 Å². The second kappa shape index (κ2) is 15.8. The maximum absolute atomic E-state index is 4.66. The minimum Gasteiger partial charge on any atom is -0.337 e. The van der Waals surface area contributed by atoms with Gasteiger partial charge in [-0.05, 0) is 0 Å². The molecule has 3 aromatic carbocycles. The average Bonchev–Trinajstić information content (AvgIpc) is 3.90. The number of aromatic nitrogens is 6. The molecule has 0 aliphatic rings. The van der Waals surface area contributed by atoms with Crippen molar-refractivity contribution >= 4 is 18.6 Å². The molecule has 10 nitrogen and oxygen atoms in total. The lowest BCUT2D eigenvalue weighted by molar-refractivity contribution is 0.298. The molecular weight excluding hydrogens is 572 g/mol. The van der Waals surface area contributed by atoms with E-state index in [0.717, 1.165) is 70.9 Å². The van der Waals surface area contributed by atoms with Crippen LogP contribution in [-0.4, -0.2) is 92.7 Å². The number of imidazole rings is 3. The molecule has 0 spiro atoms. The minimum absolute atomic E-state index is 0.648. The molecule has 3 heterocycles. The lowest BCUT2D eigenvalue weighted by Crippen LogP contribution is -2.31. The number of aliphatic imine (C=N–C) groups is 3. The van der Waals surface area contributed by atoms with Crippen LogP contribution in [0.15, 0.2) is 125 Å². The van der Waals surface area contributed by atoms with Gasteiger partial charge in [0, 0.05) is 55.0 Å². The molecule has 3 N–H and O–H groups in total. The predicted octanol–water partition coefficient (Wildman–Crippen LogP) is 5.82. The molecule has 6 aromatic rings. The number of hydrogen-bond acceptors (Lipinski definition) is 7. The van der Waals surface area contributed by atoms with E-state index in [1.54, 1.807) is 0 Å². The van der Waals surface area contributed by atoms with Crippen LogP contribution < -0.4 is 0 Å². The van der Waals surface area contributed by atoms with Gasteiger partial charge in [0.25, 0.3) is 0 Å². The van der Waals surface area contributed by atoms with Crippen LogP contribution in [0.25, 0.3) is 34.2 Å². The predicted molar refractivity (Wildman–Crippen MR) is 186 cm³/mol. The second-order valence-electron chi connectivity index (χ2n) is 10.6. The van der Waals surface area contributed by atoms with Crippen LogP contribution in [0.2, 0.25) is 0 Å². The maximum atomic E-state index is 4.66. The zero-order chi connectivity index (χ0) is 31.2. The summed E-state index contributed by atoms with van der Waals surface area (Å²) in [6.07, 6.45) is 11.0. The number of hydrogen-bond donors (Lipinski definition) is 3. The molecule has 0 aliphatic carbocycles. The average molecular weight is 609 g/mol. The van der Waals surface area contributed by atoms with Gasteiger partial charge in [0.05, 0.1) is 55.3 Å². The SMILES string of the molecule is C(=NCCN(CCN=Cc1cnc(-c2ccccc2)[nH]1)CCN=Cc1cnc(-c2ccccc2)[nH]1)c1cnc(-c2ccccc2)[nH]1. The quantitative estimate of drug-likeness (QED) is 0.127. The molecule has 0 aliphatic heterocycles. The first-order valence-electron chi connectivity index (χ1n) is 15.3. The smallest absolute Gasteiger partial charge is 0.137 e. The van der Waals surface area contributed by atoms with Crippen LogP contribution in [0.1, 0.15) is 17.1 Å². The van der Waals surface area contributed by atoms with Crippen molar-refractivity contribution in [3.8, 4) is 34.2 Å². The molecule has 6 rings (SSSR count). The Morgan fingerprint density at radius 2 is 0.761 bits per heavy atom. The molecule has 230 valence electrons. The molecule has 10 heteroatoms. The van der Waals surface area contributed by atoms with Crippen LogP contribution in [0.5, 0.6) is 0 Å². The zero-order valence-electron chi connectivity index (χ0n) is 25.5. The Hall–Kier alpha value is -5.74. The summed E-state index contributed by atoms with van der Waals surface area (Å²) in [6, 6.07) is 30.2. The summed E-state index contributed by atoms with van der Waals surface area (Å²) in [7, 11) is 0. The van der Waals surface area contributed by atoms with Gasteiger partial charge < -0.3 is 15.0 Å². The lowest BCUT2D eigenvalue weighted by atomic mass is 10.2. The van der Waals surface area contributed by atoms with Crippen LogP contribution in [0, 0.1) is 0 Å². The molecule has 0 atom stereocenters. The van der Waals surface area contributed by atoms with Gasteiger partial charge in [-0.3, -0.25) is 19.9 Å². The first kappa shape index (κ1) is 30.3. The fourth-order valence-electron chi connectivity index (χ4n) is 4.85. The molecule has 0 saturated heterocycles. The van der Waals surface area contributed by atoms with Gasteiger partial charge in [-0.25, -0.2) is 15.0 Å². The van der Waals surface area contributed by atoms with Gasteiger partial charge in [0.2, 0.25) is 0 Å². The number of aromatic amines is 3. The fourth-order valence-corrected chi connectivity index (χ4v) is 4.85. The monoisotopic (exact) mass is 608 g/mol. The van der Waals surface area contributed by atoms with Crippen LogP contribution in [-0.2, 0) is 0 Å². The third-order valence-electron chi connectivity index (χ3n) is 7.26. The normalized spacial score (nSPS) is 11.9. The number of rotatable bonds is 15. The van der Waals surface area contributed by atoms with E-state index in [1.165, 1.54) is 0 Å². The standard InChI is InChI=1S/C36H36N10/c1-4-10-28(11-5-1)34-40-25-31(43-34)22-37-16-19-46(20-17-38-23-32-26-41-35(44-32)29-12-6-2-7-13-29)21-18-39-24-33-27-42-36(45-33)30-14-8-3-9-15-30/h1-15,22-27H,16-21H2,(H,40,43)(H,41,44)(H,42,45). The Labute approximate surface area is 268 Å². The summed E-state index contributed by atoms with van der Waals surface area (Å²) in [6.45, 7) is 4.29. The molecule has 0 fully saturated rings. The fraction of sp³-hybridized carbons (Fsp3) is 0.167. The molecule has 0 saturated carbocycles. The van der Waals surface area contributed by atoms with Gasteiger partial charge in [0.1, 0.15) is 17.5 Å². The summed E-state index contributed by atoms with van der Waals surface area (Å²) < 4.78 is 0. The minimum atomic E-state index is 0.648. The van der Waals surface area contributed by atoms with E-state index in [9.17, 15) is 0 Å². The third kappa shape index (κ3) is 8.67. The van der Waals surface area contributed by atoms with E-state index in [2.05, 4.69) is 49.8 Å². The molecule has 0 amide bonds. The number of nitrogens with zero attached hydrogens (tertiary/aromatic N) is 7. The van der Waals surface area contributed by atoms with Crippen molar-refractivity contribution in [2.24, 2.45) is 15.0 Å². The Kier molecular flexibility index (Phi) is 10.4. The van der Waals surface area contributed by atoms with Gasteiger partial charge in [-0.1, -0.05) is 91.0 Å². The van der Waals surface area contributed by atoms with Crippen molar-refractivity contribution in [2.75, 3.05) is 39.3 Å². The van der Waals surface area contributed by atoms with Gasteiger partial charge >= 0.3 is 0 Å². The summed E-state index contributed by atoms with van der Waals surface area (Å²) >= 11 is 0. The van der Waals surface area contributed by atoms with Gasteiger partial charge in [-0.15, -0.1) is 0 Å². The summed E-state index contributed by atoms with van der Waals surface area (Å²) in [4.78, 5) is 39.8. The summed E-state index contributed by atoms with van der Waals surface area (Å²) in [5.41, 5.74) is 5.78. The second-order valence-corrected chi connectivity index (χ2v) is 10.6. The number of benzene rings is 3. The summed E-state index contributed by atoms with van der Waals surface area (Å²) in [5.74, 6) is 2.50. The van der Waals surface area contributed by atoms with Crippen LogP contribution >= 0.6 is 0 Å². The molecule has 0 bridgehead atoms. The first-order valence-corrected chi connectivity index (χ1v) is 15.3. The van der Waals surface area contributed by atoms with Crippen molar-refractivity contribution in [1.29, 1.82) is 0 Å². The van der Waals surface area contributed by atoms with E-state index in [0.29, 0.717) is 19.6 Å².